The van der Waals surface area contributed by atoms with Gasteiger partial charge in [-0.3, -0.25) is 0 Å². The summed E-state index contributed by atoms with van der Waals surface area (Å²) < 4.78 is 22.5. The first kappa shape index (κ1) is 59.5. The van der Waals surface area contributed by atoms with Crippen LogP contribution in [0.2, 0.25) is 0 Å². The van der Waals surface area contributed by atoms with Crippen LogP contribution in [-0.2, 0) is 15.6 Å². The molecule has 318 valence electrons. The smallest absolute Gasteiger partial charge is 0.870 e. The van der Waals surface area contributed by atoms with E-state index in [1.807, 2.05) is 24.3 Å². The summed E-state index contributed by atoms with van der Waals surface area (Å²) in [4.78, 5) is 0. The van der Waals surface area contributed by atoms with Crippen LogP contribution in [0.3, 0.4) is 0 Å². The minimum atomic E-state index is -0.308. The van der Waals surface area contributed by atoms with E-state index in [0.717, 1.165) is 70.2 Å². The quantitative estimate of drug-likeness (QED) is 0.0882. The number of hydrogen-bond donors (Lipinski definition) is 2. The van der Waals surface area contributed by atoms with Crippen molar-refractivity contribution in [3.8, 4) is 23.0 Å². The Morgan fingerprint density at radius 2 is 0.780 bits per heavy atom. The third-order valence-corrected chi connectivity index (χ3v) is 13.8. The molecule has 0 radical (unpaired) electrons. The number of alkyl halides is 1. The molecule has 0 saturated carbocycles. The maximum Gasteiger partial charge on any atom is 1.00 e. The van der Waals surface area contributed by atoms with Gasteiger partial charge in [-0.15, -0.1) is 6.58 Å². The van der Waals surface area contributed by atoms with Crippen molar-refractivity contribution in [3.05, 3.63) is 145 Å². The number of benzene rings is 4. The third-order valence-electron chi connectivity index (χ3n) is 8.54. The molecule has 59 heavy (non-hydrogen) atoms. The Morgan fingerprint density at radius 1 is 0.542 bits per heavy atom. The molecule has 4 aromatic carbocycles. The van der Waals surface area contributed by atoms with Crippen LogP contribution in [0, 0.1) is 0 Å². The Kier molecular flexibility index (Phi) is 29.4. The summed E-state index contributed by atoms with van der Waals surface area (Å²) in [5.74, 6) is 1.90. The van der Waals surface area contributed by atoms with Gasteiger partial charge in [0.2, 0.25) is 0 Å². The van der Waals surface area contributed by atoms with Gasteiger partial charge < -0.3 is 29.9 Å². The topological polar surface area (TPSA) is 98.2 Å². The maximum atomic E-state index is 9.85. The summed E-state index contributed by atoms with van der Waals surface area (Å²) in [6.07, 6.45) is 7.80. The van der Waals surface area contributed by atoms with E-state index >= 15 is 0 Å². The molecule has 0 bridgehead atoms. The molecule has 1 saturated heterocycles. The standard InChI is InChI=1S/C21H20Br4O2.C15H12Br4O2.C4H8O.C3H5Br.Na.H2O/c1-5-7-26-19-15(22)9-13(10-16(19)23)21(3,4)14-11-17(24)20(18(25)12-14)27-8-6-2;1-15(2,7-3-9(16)13(20)10(17)4-7)8-5-11(18)14(21)12(19)6-8;1-2-4-5-3-1;1-2-3-4;;/h5-6,9-12H,1-2,7-8H2,3-4H3;3-6,20-21H,1-2H3;1-4H2;2H,1,3H2;;1H2/q;;;;+1;/p-1. The Balaban J connectivity index is 0.000000929. The molecule has 1 aliphatic heterocycles. The van der Waals surface area contributed by atoms with Crippen LogP contribution in [0.15, 0.2) is 122 Å². The van der Waals surface area contributed by atoms with Crippen molar-refractivity contribution in [1.82, 2.24) is 0 Å². The van der Waals surface area contributed by atoms with Crippen molar-refractivity contribution < 1.29 is 59.5 Å². The average molecular weight is 1400 g/mol. The van der Waals surface area contributed by atoms with Crippen LogP contribution < -0.4 is 39.0 Å². The summed E-state index contributed by atoms with van der Waals surface area (Å²) in [5, 5.41) is 20.6. The minimum absolute atomic E-state index is 0. The van der Waals surface area contributed by atoms with E-state index in [0.29, 0.717) is 31.1 Å². The zero-order valence-corrected chi connectivity index (χ0v) is 49.7. The molecule has 0 aliphatic carbocycles. The van der Waals surface area contributed by atoms with E-state index < -0.39 is 0 Å². The van der Waals surface area contributed by atoms with E-state index in [-0.39, 0.29) is 57.4 Å². The van der Waals surface area contributed by atoms with E-state index in [2.05, 4.69) is 215 Å². The molecule has 6 nitrogen and oxygen atoms in total. The number of aromatic hydroxyl groups is 2. The Morgan fingerprint density at radius 3 is 0.966 bits per heavy atom. The van der Waals surface area contributed by atoms with Crippen molar-refractivity contribution in [3.63, 3.8) is 0 Å². The van der Waals surface area contributed by atoms with Gasteiger partial charge in [-0.1, -0.05) is 75.0 Å². The summed E-state index contributed by atoms with van der Waals surface area (Å²) in [7, 11) is 0. The van der Waals surface area contributed by atoms with Gasteiger partial charge in [0.25, 0.3) is 0 Å². The molecule has 4 aromatic rings. The van der Waals surface area contributed by atoms with Crippen LogP contribution in [-0.4, -0.2) is 47.4 Å². The van der Waals surface area contributed by atoms with Gasteiger partial charge in [0.1, 0.15) is 36.2 Å². The van der Waals surface area contributed by atoms with E-state index in [1.165, 1.54) is 12.8 Å². The molecular weight excluding hydrogens is 1350 g/mol. The fourth-order valence-electron chi connectivity index (χ4n) is 5.10. The van der Waals surface area contributed by atoms with Crippen LogP contribution in [0.4, 0.5) is 0 Å². The first-order chi connectivity index (χ1) is 26.8. The number of rotatable bonds is 11. The van der Waals surface area contributed by atoms with Crippen molar-refractivity contribution in [2.75, 3.05) is 31.8 Å². The Bertz CT molecular complexity index is 1770. The molecule has 1 heterocycles. The summed E-state index contributed by atoms with van der Waals surface area (Å²) >= 11 is 31.1. The predicted octanol–water partition coefficient (Wildman–Crippen LogP) is 13.9. The Hall–Kier alpha value is 0.540. The van der Waals surface area contributed by atoms with Gasteiger partial charge in [0, 0.05) is 29.4 Å². The molecule has 1 fully saturated rings. The molecule has 0 unspecified atom stereocenters. The molecular formula is C43H46Br9NaO6. The van der Waals surface area contributed by atoms with Crippen molar-refractivity contribution in [2.24, 2.45) is 0 Å². The molecule has 3 N–H and O–H groups in total. The number of ether oxygens (including phenoxy) is 3. The third kappa shape index (κ3) is 17.8. The molecule has 0 atom stereocenters. The molecule has 1 aliphatic rings. The maximum absolute atomic E-state index is 9.85. The van der Waals surface area contributed by atoms with Crippen molar-refractivity contribution in [1.29, 1.82) is 0 Å². The largest absolute Gasteiger partial charge is 1.00 e. The zero-order valence-electron chi connectivity index (χ0n) is 33.4. The zero-order chi connectivity index (χ0) is 43.1. The average Bonchev–Trinajstić information content (AvgIpc) is 3.76. The second-order valence-corrected chi connectivity index (χ2v) is 20.8. The fraction of sp³-hybridized carbons (Fsp3) is 0.302. The van der Waals surface area contributed by atoms with Gasteiger partial charge in [-0.25, -0.2) is 0 Å². The number of phenols is 2. The van der Waals surface area contributed by atoms with Crippen LogP contribution in [0.25, 0.3) is 0 Å². The summed E-state index contributed by atoms with van der Waals surface area (Å²) in [6.45, 7) is 22.3. The van der Waals surface area contributed by atoms with Gasteiger partial charge in [0.05, 0.1) is 35.8 Å². The molecule has 0 amide bonds. The molecule has 5 rings (SSSR count). The SMILES string of the molecule is C1CCOC1.C=CCBr.C=CCOc1c(Br)cc(C(C)(C)c2cc(Br)c(OCC=C)c(Br)c2)cc1Br.CC(C)(c1cc(Br)c(O)c(Br)c1)c1cc(Br)c(O)c(Br)c1.[Na+].[OH-]. The summed E-state index contributed by atoms with van der Waals surface area (Å²) in [5.41, 5.74) is 3.80. The number of allylic oxidation sites excluding steroid dienone is 1. The van der Waals surface area contributed by atoms with Crippen LogP contribution >= 0.6 is 143 Å². The van der Waals surface area contributed by atoms with E-state index in [4.69, 9.17) is 14.2 Å². The fourth-order valence-corrected chi connectivity index (χ4v) is 10.3. The summed E-state index contributed by atoms with van der Waals surface area (Å²) in [6, 6.07) is 16.0. The molecule has 0 aromatic heterocycles. The van der Waals surface area contributed by atoms with Crippen LogP contribution in [0.1, 0.15) is 62.8 Å². The van der Waals surface area contributed by atoms with Gasteiger partial charge in [-0.2, -0.15) is 0 Å². The minimum Gasteiger partial charge on any atom is -0.870 e. The molecule has 0 spiro atoms. The first-order valence-electron chi connectivity index (χ1n) is 17.4. The van der Waals surface area contributed by atoms with E-state index in [1.54, 1.807) is 18.2 Å². The van der Waals surface area contributed by atoms with Crippen molar-refractivity contribution >= 4 is 143 Å². The van der Waals surface area contributed by atoms with Gasteiger partial charge >= 0.3 is 29.6 Å². The molecule has 16 heteroatoms. The number of hydrogen-bond acceptors (Lipinski definition) is 6. The first-order valence-corrected chi connectivity index (χ1v) is 24.8. The number of halogens is 9. The van der Waals surface area contributed by atoms with E-state index in [9.17, 15) is 10.2 Å². The predicted molar refractivity (Wildman–Crippen MR) is 272 cm³/mol. The van der Waals surface area contributed by atoms with Crippen LogP contribution in [0.5, 0.6) is 23.0 Å². The monoisotopic (exact) mass is 1390 g/mol. The Labute approximate surface area is 447 Å². The number of phenolic OH excluding ortho intramolecular Hbond substituents is 2. The normalized spacial score (nSPS) is 11.7. The second kappa shape index (κ2) is 29.2. The van der Waals surface area contributed by atoms with Crippen molar-refractivity contribution in [2.45, 2.75) is 51.4 Å². The second-order valence-electron chi connectivity index (χ2n) is 13.3. The van der Waals surface area contributed by atoms with Gasteiger partial charge in [-0.05, 0) is 211 Å². The van der Waals surface area contributed by atoms with Gasteiger partial charge in [0.15, 0.2) is 0 Å².